The highest BCUT2D eigenvalue weighted by Crippen LogP contribution is 2.16. The quantitative estimate of drug-likeness (QED) is 0.731. The van der Waals surface area contributed by atoms with E-state index in [1.165, 1.54) is 0 Å². The average molecular weight is 330 g/mol. The lowest BCUT2D eigenvalue weighted by Crippen LogP contribution is -2.22. The lowest BCUT2D eigenvalue weighted by atomic mass is 10.2. The van der Waals surface area contributed by atoms with E-state index < -0.39 is 0 Å². The number of aromatic nitrogens is 1. The van der Waals surface area contributed by atoms with Gasteiger partial charge in [0.05, 0.1) is 0 Å². The number of hydrogen-bond acceptors (Lipinski definition) is 2. The van der Waals surface area contributed by atoms with E-state index in [0.717, 1.165) is 15.6 Å². The molecule has 20 heavy (non-hydrogen) atoms. The molecule has 0 saturated carbocycles. The molecule has 0 amide bonds. The second kappa shape index (κ2) is 5.51. The van der Waals surface area contributed by atoms with E-state index in [0.29, 0.717) is 5.39 Å². The number of hydrogen-bond donors (Lipinski definition) is 0. The van der Waals surface area contributed by atoms with Crippen LogP contribution < -0.4 is 10.3 Å². The third-order valence-electron chi connectivity index (χ3n) is 3.07. The molecule has 0 radical (unpaired) electrons. The molecule has 0 fully saturated rings. The van der Waals surface area contributed by atoms with Crippen LogP contribution in [-0.2, 0) is 6.73 Å². The van der Waals surface area contributed by atoms with Gasteiger partial charge in [0.25, 0.3) is 5.56 Å². The molecule has 0 N–H and O–H groups in total. The van der Waals surface area contributed by atoms with Crippen molar-refractivity contribution in [2.75, 3.05) is 0 Å². The van der Waals surface area contributed by atoms with E-state index in [-0.39, 0.29) is 12.3 Å². The molecule has 0 aliphatic heterocycles. The molecule has 3 rings (SSSR count). The minimum atomic E-state index is -0.0415. The van der Waals surface area contributed by atoms with E-state index in [1.807, 2.05) is 54.6 Å². The van der Waals surface area contributed by atoms with Crippen LogP contribution in [0.2, 0.25) is 0 Å². The van der Waals surface area contributed by atoms with Crippen LogP contribution in [0.25, 0.3) is 10.8 Å². The number of nitrogens with zero attached hydrogens (tertiary/aromatic N) is 1. The van der Waals surface area contributed by atoms with E-state index in [1.54, 1.807) is 10.8 Å². The lowest BCUT2D eigenvalue weighted by Gasteiger charge is -2.09. The van der Waals surface area contributed by atoms with Gasteiger partial charge in [-0.15, -0.1) is 0 Å². The van der Waals surface area contributed by atoms with Crippen LogP contribution in [0.15, 0.2) is 70.1 Å². The first-order valence-corrected chi connectivity index (χ1v) is 7.00. The highest BCUT2D eigenvalue weighted by molar-refractivity contribution is 9.10. The monoisotopic (exact) mass is 329 g/mol. The molecule has 4 heteroatoms. The second-order valence-electron chi connectivity index (χ2n) is 4.41. The zero-order valence-corrected chi connectivity index (χ0v) is 12.2. The number of benzene rings is 2. The zero-order chi connectivity index (χ0) is 13.9. The Morgan fingerprint density at radius 3 is 2.55 bits per heavy atom. The van der Waals surface area contributed by atoms with Crippen molar-refractivity contribution in [3.8, 4) is 5.75 Å². The van der Waals surface area contributed by atoms with Crippen LogP contribution in [0.5, 0.6) is 5.75 Å². The Balaban J connectivity index is 1.86. The van der Waals surface area contributed by atoms with E-state index in [9.17, 15) is 4.79 Å². The van der Waals surface area contributed by atoms with Gasteiger partial charge in [0.1, 0.15) is 5.75 Å². The van der Waals surface area contributed by atoms with Crippen LogP contribution in [-0.4, -0.2) is 4.57 Å². The number of ether oxygens (including phenoxy) is 1. The Morgan fingerprint density at radius 1 is 1.00 bits per heavy atom. The minimum absolute atomic E-state index is 0.0415. The fourth-order valence-corrected chi connectivity index (χ4v) is 2.27. The van der Waals surface area contributed by atoms with Crippen molar-refractivity contribution in [2.45, 2.75) is 6.73 Å². The molecule has 100 valence electrons. The summed E-state index contributed by atoms with van der Waals surface area (Å²) in [5.74, 6) is 0.730. The minimum Gasteiger partial charge on any atom is -0.473 e. The van der Waals surface area contributed by atoms with Crippen LogP contribution in [0.3, 0.4) is 0 Å². The summed E-state index contributed by atoms with van der Waals surface area (Å²) >= 11 is 3.37. The predicted octanol–water partition coefficient (Wildman–Crippen LogP) is 3.80. The molecule has 0 aliphatic carbocycles. The molecule has 0 spiro atoms. The summed E-state index contributed by atoms with van der Waals surface area (Å²) in [6.45, 7) is 0.200. The normalized spacial score (nSPS) is 10.7. The van der Waals surface area contributed by atoms with Gasteiger partial charge in [-0.2, -0.15) is 0 Å². The maximum absolute atomic E-state index is 12.3. The highest BCUT2D eigenvalue weighted by atomic mass is 79.9. The van der Waals surface area contributed by atoms with E-state index in [2.05, 4.69) is 15.9 Å². The number of pyridine rings is 1. The van der Waals surface area contributed by atoms with Crippen molar-refractivity contribution in [3.05, 3.63) is 75.6 Å². The van der Waals surface area contributed by atoms with Gasteiger partial charge in [-0.25, -0.2) is 0 Å². The summed E-state index contributed by atoms with van der Waals surface area (Å²) in [5, 5.41) is 1.65. The summed E-state index contributed by atoms with van der Waals surface area (Å²) in [5.41, 5.74) is -0.0415. The molecule has 2 aromatic carbocycles. The van der Waals surface area contributed by atoms with Gasteiger partial charge in [0.2, 0.25) is 0 Å². The van der Waals surface area contributed by atoms with Crippen molar-refractivity contribution in [3.63, 3.8) is 0 Å². The highest BCUT2D eigenvalue weighted by Gasteiger charge is 2.02. The second-order valence-corrected chi connectivity index (χ2v) is 5.32. The lowest BCUT2D eigenvalue weighted by molar-refractivity contribution is 0.233. The summed E-state index contributed by atoms with van der Waals surface area (Å²) in [6.07, 6.45) is 1.75. The Hall–Kier alpha value is -2.07. The SMILES string of the molecule is O=c1c2ccccc2ccn1COc1ccc(Br)cc1. The van der Waals surface area contributed by atoms with Gasteiger partial charge in [-0.05, 0) is 41.8 Å². The smallest absolute Gasteiger partial charge is 0.261 e. The fraction of sp³-hybridized carbons (Fsp3) is 0.0625. The molecule has 0 aliphatic rings. The molecule has 1 aromatic heterocycles. The topological polar surface area (TPSA) is 31.2 Å². The first-order chi connectivity index (χ1) is 9.74. The Labute approximate surface area is 124 Å². The van der Waals surface area contributed by atoms with Crippen LogP contribution >= 0.6 is 15.9 Å². The van der Waals surface area contributed by atoms with E-state index in [4.69, 9.17) is 4.74 Å². The van der Waals surface area contributed by atoms with Crippen molar-refractivity contribution < 1.29 is 4.74 Å². The first-order valence-electron chi connectivity index (χ1n) is 6.20. The Kier molecular flexibility index (Phi) is 3.56. The van der Waals surface area contributed by atoms with Crippen LogP contribution in [0, 0.1) is 0 Å². The van der Waals surface area contributed by atoms with Gasteiger partial charge in [-0.3, -0.25) is 9.36 Å². The number of rotatable bonds is 3. The summed E-state index contributed by atoms with van der Waals surface area (Å²) < 4.78 is 8.17. The Bertz CT molecular complexity index is 793. The van der Waals surface area contributed by atoms with Crippen LogP contribution in [0.4, 0.5) is 0 Å². The molecular formula is C16H12BrNO2. The molecule has 0 saturated heterocycles. The van der Waals surface area contributed by atoms with Gasteiger partial charge >= 0.3 is 0 Å². The standard InChI is InChI=1S/C16H12BrNO2/c17-13-5-7-14(8-6-13)20-11-18-10-9-12-3-1-2-4-15(12)16(18)19/h1-10H,11H2. The summed E-state index contributed by atoms with van der Waals surface area (Å²) in [7, 11) is 0. The van der Waals surface area contributed by atoms with Crippen molar-refractivity contribution in [1.29, 1.82) is 0 Å². The van der Waals surface area contributed by atoms with Crippen molar-refractivity contribution >= 4 is 26.7 Å². The first kappa shape index (κ1) is 12.9. The molecule has 0 bridgehead atoms. The number of halogens is 1. The van der Waals surface area contributed by atoms with Gasteiger partial charge in [0.15, 0.2) is 6.73 Å². The molecule has 0 atom stereocenters. The maximum Gasteiger partial charge on any atom is 0.261 e. The largest absolute Gasteiger partial charge is 0.473 e. The maximum atomic E-state index is 12.3. The third-order valence-corrected chi connectivity index (χ3v) is 3.60. The molecule has 3 aromatic rings. The predicted molar refractivity (Wildman–Crippen MR) is 83.0 cm³/mol. The zero-order valence-electron chi connectivity index (χ0n) is 10.6. The Morgan fingerprint density at radius 2 is 1.75 bits per heavy atom. The molecule has 1 heterocycles. The van der Waals surface area contributed by atoms with Crippen molar-refractivity contribution in [2.24, 2.45) is 0 Å². The van der Waals surface area contributed by atoms with Crippen molar-refractivity contribution in [1.82, 2.24) is 4.57 Å². The van der Waals surface area contributed by atoms with Gasteiger partial charge < -0.3 is 4.74 Å². The van der Waals surface area contributed by atoms with Crippen LogP contribution in [0.1, 0.15) is 0 Å². The van der Waals surface area contributed by atoms with Gasteiger partial charge in [0, 0.05) is 16.1 Å². The summed E-state index contributed by atoms with van der Waals surface area (Å²) in [4.78, 5) is 12.3. The molecule has 0 unspecified atom stereocenters. The summed E-state index contributed by atoms with van der Waals surface area (Å²) in [6, 6.07) is 17.0. The van der Waals surface area contributed by atoms with Gasteiger partial charge in [-0.1, -0.05) is 34.1 Å². The fourth-order valence-electron chi connectivity index (χ4n) is 2.01. The average Bonchev–Trinajstić information content (AvgIpc) is 2.49. The molecular weight excluding hydrogens is 318 g/mol. The number of fused-ring (bicyclic) bond motifs is 1. The molecule has 3 nitrogen and oxygen atoms in total. The third kappa shape index (κ3) is 2.60. The van der Waals surface area contributed by atoms with E-state index >= 15 is 0 Å².